The van der Waals surface area contributed by atoms with Crippen molar-refractivity contribution < 1.29 is 9.47 Å². The van der Waals surface area contributed by atoms with E-state index in [9.17, 15) is 0 Å². The van der Waals surface area contributed by atoms with Crippen LogP contribution < -0.4 is 10.1 Å². The van der Waals surface area contributed by atoms with Gasteiger partial charge < -0.3 is 14.8 Å². The molecule has 1 unspecified atom stereocenters. The standard InChI is InChI=1S/C14H21NO2/c1-14(2)8-12(10-17-14)15-9-11-6-4-5-7-13(11)16-3/h4-7,12,15H,8-10H2,1-3H3. The minimum absolute atomic E-state index is 0.0123. The van der Waals surface area contributed by atoms with Gasteiger partial charge in [-0.05, 0) is 26.3 Å². The molecular formula is C14H21NO2. The Balaban J connectivity index is 1.90. The zero-order valence-corrected chi connectivity index (χ0v) is 10.8. The quantitative estimate of drug-likeness (QED) is 0.869. The highest BCUT2D eigenvalue weighted by atomic mass is 16.5. The molecule has 2 rings (SSSR count). The van der Waals surface area contributed by atoms with Gasteiger partial charge in [-0.2, -0.15) is 0 Å². The SMILES string of the molecule is COc1ccccc1CNC1COC(C)(C)C1. The number of para-hydroxylation sites is 1. The van der Waals surface area contributed by atoms with Crippen LogP contribution in [0.1, 0.15) is 25.8 Å². The van der Waals surface area contributed by atoms with Gasteiger partial charge in [0.1, 0.15) is 5.75 Å². The molecule has 0 aliphatic carbocycles. The van der Waals surface area contributed by atoms with Crippen LogP contribution in [0.2, 0.25) is 0 Å². The van der Waals surface area contributed by atoms with Crippen LogP contribution in [0.25, 0.3) is 0 Å². The summed E-state index contributed by atoms with van der Waals surface area (Å²) in [6, 6.07) is 8.55. The smallest absolute Gasteiger partial charge is 0.123 e. The number of hydrogen-bond donors (Lipinski definition) is 1. The molecule has 17 heavy (non-hydrogen) atoms. The second kappa shape index (κ2) is 5.07. The first-order valence-corrected chi connectivity index (χ1v) is 6.10. The van der Waals surface area contributed by atoms with Crippen molar-refractivity contribution in [1.29, 1.82) is 0 Å². The van der Waals surface area contributed by atoms with E-state index < -0.39 is 0 Å². The van der Waals surface area contributed by atoms with Gasteiger partial charge in [0.15, 0.2) is 0 Å². The topological polar surface area (TPSA) is 30.5 Å². The predicted octanol–water partition coefficient (Wildman–Crippen LogP) is 2.35. The molecule has 1 heterocycles. The monoisotopic (exact) mass is 235 g/mol. The first-order valence-electron chi connectivity index (χ1n) is 6.10. The Morgan fingerprint density at radius 3 is 2.82 bits per heavy atom. The summed E-state index contributed by atoms with van der Waals surface area (Å²) >= 11 is 0. The van der Waals surface area contributed by atoms with Crippen LogP contribution in [0.3, 0.4) is 0 Å². The fourth-order valence-electron chi connectivity index (χ4n) is 2.27. The van der Waals surface area contributed by atoms with Crippen LogP contribution in [0.15, 0.2) is 24.3 Å². The van der Waals surface area contributed by atoms with Crippen molar-refractivity contribution in [3.63, 3.8) is 0 Å². The van der Waals surface area contributed by atoms with Crippen molar-refractivity contribution >= 4 is 0 Å². The van der Waals surface area contributed by atoms with Crippen LogP contribution in [-0.2, 0) is 11.3 Å². The molecule has 0 radical (unpaired) electrons. The summed E-state index contributed by atoms with van der Waals surface area (Å²) in [5.41, 5.74) is 1.21. The second-order valence-corrected chi connectivity index (χ2v) is 5.16. The molecule has 0 spiro atoms. The molecule has 0 saturated carbocycles. The van der Waals surface area contributed by atoms with Crippen LogP contribution in [-0.4, -0.2) is 25.4 Å². The molecule has 0 amide bonds. The molecule has 1 aromatic rings. The summed E-state index contributed by atoms with van der Waals surface area (Å²) in [5.74, 6) is 0.943. The molecule has 1 atom stereocenters. The summed E-state index contributed by atoms with van der Waals surface area (Å²) < 4.78 is 11.0. The van der Waals surface area contributed by atoms with E-state index in [-0.39, 0.29) is 5.60 Å². The van der Waals surface area contributed by atoms with E-state index in [2.05, 4.69) is 25.2 Å². The summed E-state index contributed by atoms with van der Waals surface area (Å²) in [6.07, 6.45) is 1.06. The third-order valence-electron chi connectivity index (χ3n) is 3.19. The lowest BCUT2D eigenvalue weighted by Gasteiger charge is -2.16. The Kier molecular flexibility index (Phi) is 3.69. The Bertz CT molecular complexity index is 376. The number of benzene rings is 1. The van der Waals surface area contributed by atoms with Crippen LogP contribution in [0, 0.1) is 0 Å². The summed E-state index contributed by atoms with van der Waals surface area (Å²) in [6.45, 7) is 5.89. The highest BCUT2D eigenvalue weighted by molar-refractivity contribution is 5.33. The van der Waals surface area contributed by atoms with Gasteiger partial charge in [-0.1, -0.05) is 18.2 Å². The maximum atomic E-state index is 5.70. The summed E-state index contributed by atoms with van der Waals surface area (Å²) in [4.78, 5) is 0. The van der Waals surface area contributed by atoms with Gasteiger partial charge >= 0.3 is 0 Å². The average Bonchev–Trinajstić information content (AvgIpc) is 2.67. The molecule has 0 bridgehead atoms. The Morgan fingerprint density at radius 1 is 1.41 bits per heavy atom. The van der Waals surface area contributed by atoms with Gasteiger partial charge in [-0.15, -0.1) is 0 Å². The number of methoxy groups -OCH3 is 1. The maximum absolute atomic E-state index is 5.70. The van der Waals surface area contributed by atoms with E-state index in [1.807, 2.05) is 18.2 Å². The van der Waals surface area contributed by atoms with E-state index in [0.29, 0.717) is 6.04 Å². The van der Waals surface area contributed by atoms with Crippen molar-refractivity contribution in [3.05, 3.63) is 29.8 Å². The van der Waals surface area contributed by atoms with Crippen molar-refractivity contribution in [2.45, 2.75) is 38.5 Å². The summed E-state index contributed by atoms with van der Waals surface area (Å²) in [7, 11) is 1.71. The number of ether oxygens (including phenoxy) is 2. The van der Waals surface area contributed by atoms with Crippen molar-refractivity contribution in [2.75, 3.05) is 13.7 Å². The second-order valence-electron chi connectivity index (χ2n) is 5.16. The predicted molar refractivity (Wildman–Crippen MR) is 68.3 cm³/mol. The molecule has 1 N–H and O–H groups in total. The lowest BCUT2D eigenvalue weighted by molar-refractivity contribution is 0.0357. The average molecular weight is 235 g/mol. The van der Waals surface area contributed by atoms with Gasteiger partial charge in [-0.25, -0.2) is 0 Å². The van der Waals surface area contributed by atoms with E-state index in [1.165, 1.54) is 5.56 Å². The first kappa shape index (κ1) is 12.4. The van der Waals surface area contributed by atoms with Gasteiger partial charge in [0.25, 0.3) is 0 Å². The number of nitrogens with one attached hydrogen (secondary N) is 1. The molecule has 1 saturated heterocycles. The molecule has 0 aromatic heterocycles. The Labute approximate surface area is 103 Å². The lowest BCUT2D eigenvalue weighted by atomic mass is 10.0. The van der Waals surface area contributed by atoms with E-state index in [1.54, 1.807) is 7.11 Å². The molecule has 94 valence electrons. The van der Waals surface area contributed by atoms with E-state index in [0.717, 1.165) is 25.3 Å². The molecule has 1 fully saturated rings. The van der Waals surface area contributed by atoms with Gasteiger partial charge in [0, 0.05) is 18.2 Å². The van der Waals surface area contributed by atoms with Crippen LogP contribution in [0.5, 0.6) is 5.75 Å². The molecular weight excluding hydrogens is 214 g/mol. The number of hydrogen-bond acceptors (Lipinski definition) is 3. The zero-order valence-electron chi connectivity index (χ0n) is 10.8. The number of rotatable bonds is 4. The van der Waals surface area contributed by atoms with Crippen molar-refractivity contribution in [1.82, 2.24) is 5.32 Å². The minimum Gasteiger partial charge on any atom is -0.496 e. The highest BCUT2D eigenvalue weighted by Crippen LogP contribution is 2.25. The van der Waals surface area contributed by atoms with E-state index in [4.69, 9.17) is 9.47 Å². The van der Waals surface area contributed by atoms with E-state index >= 15 is 0 Å². The van der Waals surface area contributed by atoms with Gasteiger partial charge in [-0.3, -0.25) is 0 Å². The molecule has 1 aliphatic rings. The molecule has 1 aromatic carbocycles. The molecule has 1 aliphatic heterocycles. The summed E-state index contributed by atoms with van der Waals surface area (Å²) in [5, 5.41) is 3.52. The lowest BCUT2D eigenvalue weighted by Crippen LogP contribution is -2.30. The Hall–Kier alpha value is -1.06. The highest BCUT2D eigenvalue weighted by Gasteiger charge is 2.31. The van der Waals surface area contributed by atoms with Crippen LogP contribution >= 0.6 is 0 Å². The zero-order chi connectivity index (χ0) is 12.3. The Morgan fingerprint density at radius 2 is 2.18 bits per heavy atom. The largest absolute Gasteiger partial charge is 0.496 e. The fourth-order valence-corrected chi connectivity index (χ4v) is 2.27. The van der Waals surface area contributed by atoms with Crippen molar-refractivity contribution in [2.24, 2.45) is 0 Å². The minimum atomic E-state index is 0.0123. The van der Waals surface area contributed by atoms with Gasteiger partial charge in [0.05, 0.1) is 19.3 Å². The fraction of sp³-hybridized carbons (Fsp3) is 0.571. The maximum Gasteiger partial charge on any atom is 0.123 e. The third kappa shape index (κ3) is 3.20. The van der Waals surface area contributed by atoms with Gasteiger partial charge in [0.2, 0.25) is 0 Å². The molecule has 3 heteroatoms. The first-order chi connectivity index (χ1) is 8.11. The normalized spacial score (nSPS) is 22.6. The van der Waals surface area contributed by atoms with Crippen LogP contribution in [0.4, 0.5) is 0 Å². The third-order valence-corrected chi connectivity index (χ3v) is 3.19. The molecule has 3 nitrogen and oxygen atoms in total. The van der Waals surface area contributed by atoms with Crippen molar-refractivity contribution in [3.8, 4) is 5.75 Å².